The Morgan fingerprint density at radius 1 is 1.33 bits per heavy atom. The Bertz CT molecular complexity index is 261. The Kier molecular flexibility index (Phi) is 12.7. The molecule has 1 N–H and O–H groups in total. The molecule has 0 fully saturated rings. The molecule has 6 heteroatoms. The molecule has 0 saturated carbocycles. The van der Waals surface area contributed by atoms with Crippen molar-refractivity contribution in [2.75, 3.05) is 26.9 Å². The van der Waals surface area contributed by atoms with Crippen molar-refractivity contribution in [1.82, 2.24) is 0 Å². The molecular formula is C12H22O6. The predicted octanol–water partition coefficient (Wildman–Crippen LogP) is 0.682. The number of rotatable bonds is 6. The van der Waals surface area contributed by atoms with Gasteiger partial charge in [0.15, 0.2) is 0 Å². The van der Waals surface area contributed by atoms with Crippen molar-refractivity contribution in [2.45, 2.75) is 26.9 Å². The van der Waals surface area contributed by atoms with Crippen LogP contribution < -0.4 is 0 Å². The van der Waals surface area contributed by atoms with Crippen LogP contribution >= 0.6 is 0 Å². The Morgan fingerprint density at radius 3 is 2.22 bits per heavy atom. The van der Waals surface area contributed by atoms with E-state index in [1.165, 1.54) is 6.92 Å². The summed E-state index contributed by atoms with van der Waals surface area (Å²) >= 11 is 0. The van der Waals surface area contributed by atoms with Crippen molar-refractivity contribution in [3.05, 3.63) is 12.2 Å². The third kappa shape index (κ3) is 14.6. The standard InChI is InChI=1S/C6H12O3.C6H10O3/c1-5(4-8-3)9-6(2)7;1-5(2)6(8)9-4-3-7/h5H,4H2,1-3H3;7H,1,3-4H2,2H3. The number of hydrogen-bond acceptors (Lipinski definition) is 6. The molecule has 0 aliphatic heterocycles. The molecule has 0 aromatic carbocycles. The van der Waals surface area contributed by atoms with Crippen LogP contribution in [0.15, 0.2) is 12.2 Å². The highest BCUT2D eigenvalue weighted by atomic mass is 16.6. The molecule has 0 aliphatic carbocycles. The molecule has 0 radical (unpaired) electrons. The zero-order chi connectivity index (χ0) is 14.6. The van der Waals surface area contributed by atoms with Gasteiger partial charge in [-0.1, -0.05) is 6.58 Å². The van der Waals surface area contributed by atoms with E-state index in [-0.39, 0.29) is 25.3 Å². The minimum absolute atomic E-state index is 0.0473. The lowest BCUT2D eigenvalue weighted by atomic mass is 10.4. The highest BCUT2D eigenvalue weighted by molar-refractivity contribution is 5.86. The fourth-order valence-electron chi connectivity index (χ4n) is 0.814. The van der Waals surface area contributed by atoms with Crippen molar-refractivity contribution in [1.29, 1.82) is 0 Å². The van der Waals surface area contributed by atoms with Crippen LogP contribution in [0.25, 0.3) is 0 Å². The maximum atomic E-state index is 10.5. The number of aliphatic hydroxyl groups excluding tert-OH is 1. The fraction of sp³-hybridized carbons (Fsp3) is 0.667. The van der Waals surface area contributed by atoms with Crippen molar-refractivity contribution in [3.8, 4) is 0 Å². The number of carbonyl (C=O) groups excluding carboxylic acids is 2. The molecule has 0 spiro atoms. The topological polar surface area (TPSA) is 82.1 Å². The number of carbonyl (C=O) groups is 2. The Balaban J connectivity index is 0. The van der Waals surface area contributed by atoms with Gasteiger partial charge in [-0.3, -0.25) is 4.79 Å². The van der Waals surface area contributed by atoms with Crippen LogP contribution in [0.5, 0.6) is 0 Å². The first kappa shape index (κ1) is 19.0. The Hall–Kier alpha value is -1.40. The summed E-state index contributed by atoms with van der Waals surface area (Å²) in [6, 6.07) is 0. The van der Waals surface area contributed by atoms with Crippen LogP contribution in [0.2, 0.25) is 0 Å². The van der Waals surface area contributed by atoms with Gasteiger partial charge in [-0.15, -0.1) is 0 Å². The van der Waals surface area contributed by atoms with E-state index in [1.54, 1.807) is 21.0 Å². The quantitative estimate of drug-likeness (QED) is 0.560. The third-order valence-corrected chi connectivity index (χ3v) is 1.44. The highest BCUT2D eigenvalue weighted by Gasteiger charge is 2.02. The van der Waals surface area contributed by atoms with Gasteiger partial charge in [0, 0.05) is 19.6 Å². The molecule has 1 atom stereocenters. The molecule has 0 aliphatic rings. The van der Waals surface area contributed by atoms with Gasteiger partial charge < -0.3 is 19.3 Å². The SMILES string of the molecule is C=C(C)C(=O)OCCO.COCC(C)OC(C)=O. The average molecular weight is 262 g/mol. The molecule has 106 valence electrons. The maximum Gasteiger partial charge on any atom is 0.333 e. The van der Waals surface area contributed by atoms with Gasteiger partial charge in [-0.25, -0.2) is 4.79 Å². The molecule has 0 aromatic heterocycles. The number of hydrogen-bond donors (Lipinski definition) is 1. The van der Waals surface area contributed by atoms with E-state index in [0.29, 0.717) is 12.2 Å². The minimum atomic E-state index is -0.455. The lowest BCUT2D eigenvalue weighted by molar-refractivity contribution is -0.147. The van der Waals surface area contributed by atoms with E-state index in [0.717, 1.165) is 0 Å². The van der Waals surface area contributed by atoms with E-state index in [1.807, 2.05) is 0 Å². The Morgan fingerprint density at radius 2 is 1.89 bits per heavy atom. The van der Waals surface area contributed by atoms with Gasteiger partial charge in [0.05, 0.1) is 13.2 Å². The summed E-state index contributed by atoms with van der Waals surface area (Å²) < 4.78 is 13.9. The van der Waals surface area contributed by atoms with Crippen LogP contribution in [0.4, 0.5) is 0 Å². The highest BCUT2D eigenvalue weighted by Crippen LogP contribution is 1.90. The monoisotopic (exact) mass is 262 g/mol. The smallest absolute Gasteiger partial charge is 0.333 e. The van der Waals surface area contributed by atoms with Crippen molar-refractivity contribution < 1.29 is 28.9 Å². The van der Waals surface area contributed by atoms with Gasteiger partial charge in [0.1, 0.15) is 12.7 Å². The second-order valence-electron chi connectivity index (χ2n) is 3.52. The van der Waals surface area contributed by atoms with Crippen LogP contribution in [0, 0.1) is 0 Å². The van der Waals surface area contributed by atoms with Gasteiger partial charge in [-0.2, -0.15) is 0 Å². The molecule has 18 heavy (non-hydrogen) atoms. The van der Waals surface area contributed by atoms with Crippen molar-refractivity contribution >= 4 is 11.9 Å². The van der Waals surface area contributed by atoms with E-state index < -0.39 is 5.97 Å². The number of esters is 2. The first-order valence-corrected chi connectivity index (χ1v) is 5.44. The second-order valence-corrected chi connectivity index (χ2v) is 3.52. The molecular weight excluding hydrogens is 240 g/mol. The van der Waals surface area contributed by atoms with E-state index in [2.05, 4.69) is 11.3 Å². The number of methoxy groups -OCH3 is 1. The van der Waals surface area contributed by atoms with Crippen LogP contribution in [0.1, 0.15) is 20.8 Å². The zero-order valence-electron chi connectivity index (χ0n) is 11.4. The van der Waals surface area contributed by atoms with E-state index in [9.17, 15) is 9.59 Å². The summed E-state index contributed by atoms with van der Waals surface area (Å²) in [6.45, 7) is 8.44. The number of aliphatic hydroxyl groups is 1. The molecule has 0 bridgehead atoms. The van der Waals surface area contributed by atoms with Crippen LogP contribution in [-0.4, -0.2) is 50.1 Å². The first-order chi connectivity index (χ1) is 8.34. The molecule has 0 saturated heterocycles. The molecule has 0 rings (SSSR count). The van der Waals surface area contributed by atoms with Gasteiger partial charge in [0.25, 0.3) is 0 Å². The van der Waals surface area contributed by atoms with E-state index in [4.69, 9.17) is 14.6 Å². The summed E-state index contributed by atoms with van der Waals surface area (Å²) in [4.78, 5) is 20.7. The first-order valence-electron chi connectivity index (χ1n) is 5.44. The second kappa shape index (κ2) is 12.1. The van der Waals surface area contributed by atoms with E-state index >= 15 is 0 Å². The van der Waals surface area contributed by atoms with Crippen molar-refractivity contribution in [3.63, 3.8) is 0 Å². The van der Waals surface area contributed by atoms with Crippen LogP contribution in [-0.2, 0) is 23.8 Å². The predicted molar refractivity (Wildman–Crippen MR) is 66.0 cm³/mol. The third-order valence-electron chi connectivity index (χ3n) is 1.44. The van der Waals surface area contributed by atoms with Crippen molar-refractivity contribution in [2.24, 2.45) is 0 Å². The molecule has 0 aromatic rings. The minimum Gasteiger partial charge on any atom is -0.460 e. The zero-order valence-corrected chi connectivity index (χ0v) is 11.4. The largest absolute Gasteiger partial charge is 0.460 e. The molecule has 0 heterocycles. The molecule has 6 nitrogen and oxygen atoms in total. The van der Waals surface area contributed by atoms with Gasteiger partial charge in [0.2, 0.25) is 0 Å². The summed E-state index contributed by atoms with van der Waals surface area (Å²) in [7, 11) is 1.57. The summed E-state index contributed by atoms with van der Waals surface area (Å²) in [5.74, 6) is -0.719. The van der Waals surface area contributed by atoms with Gasteiger partial charge in [-0.05, 0) is 13.8 Å². The fourth-order valence-corrected chi connectivity index (χ4v) is 0.814. The number of ether oxygens (including phenoxy) is 3. The lowest BCUT2D eigenvalue weighted by Gasteiger charge is -2.08. The lowest BCUT2D eigenvalue weighted by Crippen LogP contribution is -2.17. The maximum absolute atomic E-state index is 10.5. The summed E-state index contributed by atoms with van der Waals surface area (Å²) in [5.41, 5.74) is 0.350. The normalized spacial score (nSPS) is 10.7. The average Bonchev–Trinajstić information content (AvgIpc) is 2.25. The summed E-state index contributed by atoms with van der Waals surface area (Å²) in [5, 5.41) is 8.19. The molecule has 0 amide bonds. The van der Waals surface area contributed by atoms with Crippen LogP contribution in [0.3, 0.4) is 0 Å². The summed E-state index contributed by atoms with van der Waals surface area (Å²) in [6.07, 6.45) is -0.132. The molecule has 1 unspecified atom stereocenters. The van der Waals surface area contributed by atoms with Gasteiger partial charge >= 0.3 is 11.9 Å². The Labute approximate surface area is 108 Å².